The molecule has 1 aliphatic heterocycles. The molecule has 5 nitrogen and oxygen atoms in total. The van der Waals surface area contributed by atoms with Gasteiger partial charge < -0.3 is 5.32 Å². The molecule has 6 heteroatoms. The zero-order chi connectivity index (χ0) is 16.2. The van der Waals surface area contributed by atoms with Gasteiger partial charge in [0.25, 0.3) is 0 Å². The molecule has 122 valence electrons. The first-order valence-corrected chi connectivity index (χ1v) is 8.84. The van der Waals surface area contributed by atoms with Crippen LogP contribution in [0.3, 0.4) is 0 Å². The molecule has 1 aromatic rings. The second kappa shape index (κ2) is 7.08. The van der Waals surface area contributed by atoms with E-state index in [1.165, 1.54) is 9.78 Å². The molecule has 23 heavy (non-hydrogen) atoms. The topological polar surface area (TPSA) is 66.5 Å². The number of likely N-dealkylation sites (tertiary alicyclic amines) is 1. The molecule has 0 saturated carbocycles. The van der Waals surface area contributed by atoms with Gasteiger partial charge in [-0.1, -0.05) is 18.2 Å². The number of carbonyl (C=O) groups excluding carboxylic acids is 3. The third-order valence-electron chi connectivity index (χ3n) is 4.43. The standard InChI is InChI=1S/C17H20N2O3S/c20-15(18-9-7-12-4-3-11-23-12)8-10-19-16(21)13-5-1-2-6-14(13)17(19)22/h1-4,11,13-14H,5-10H2,(H,18,20). The van der Waals surface area contributed by atoms with Crippen molar-refractivity contribution in [1.29, 1.82) is 0 Å². The maximum absolute atomic E-state index is 12.3. The van der Waals surface area contributed by atoms with E-state index in [1.807, 2.05) is 29.7 Å². The van der Waals surface area contributed by atoms with E-state index in [0.29, 0.717) is 19.4 Å². The number of rotatable bonds is 6. The summed E-state index contributed by atoms with van der Waals surface area (Å²) < 4.78 is 0. The van der Waals surface area contributed by atoms with Gasteiger partial charge in [-0.3, -0.25) is 19.3 Å². The van der Waals surface area contributed by atoms with Gasteiger partial charge >= 0.3 is 0 Å². The molecule has 0 aromatic carbocycles. The Hall–Kier alpha value is -1.95. The summed E-state index contributed by atoms with van der Waals surface area (Å²) in [5.41, 5.74) is 0. The zero-order valence-electron chi connectivity index (χ0n) is 12.9. The maximum atomic E-state index is 12.3. The van der Waals surface area contributed by atoms with E-state index in [-0.39, 0.29) is 42.5 Å². The first-order valence-electron chi connectivity index (χ1n) is 7.96. The lowest BCUT2D eigenvalue weighted by Gasteiger charge is -2.14. The van der Waals surface area contributed by atoms with E-state index >= 15 is 0 Å². The van der Waals surface area contributed by atoms with Gasteiger partial charge in [-0.15, -0.1) is 11.3 Å². The number of amides is 3. The molecular formula is C17H20N2O3S. The number of nitrogens with one attached hydrogen (secondary N) is 1. The first-order chi connectivity index (χ1) is 11.2. The largest absolute Gasteiger partial charge is 0.356 e. The van der Waals surface area contributed by atoms with Gasteiger partial charge in [0.1, 0.15) is 0 Å². The second-order valence-corrected chi connectivity index (χ2v) is 6.95. The minimum Gasteiger partial charge on any atom is -0.356 e. The molecule has 2 heterocycles. The molecule has 1 saturated heterocycles. The van der Waals surface area contributed by atoms with Crippen molar-refractivity contribution in [3.8, 4) is 0 Å². The molecule has 1 aliphatic carbocycles. The van der Waals surface area contributed by atoms with Crippen molar-refractivity contribution in [3.05, 3.63) is 34.5 Å². The number of allylic oxidation sites excluding steroid dienone is 2. The average Bonchev–Trinajstić information content (AvgIpc) is 3.15. The maximum Gasteiger partial charge on any atom is 0.233 e. The van der Waals surface area contributed by atoms with E-state index in [1.54, 1.807) is 11.3 Å². The van der Waals surface area contributed by atoms with Crippen molar-refractivity contribution in [2.45, 2.75) is 25.7 Å². The highest BCUT2D eigenvalue weighted by Crippen LogP contribution is 2.34. The number of hydrogen-bond donors (Lipinski definition) is 1. The van der Waals surface area contributed by atoms with Crippen molar-refractivity contribution in [2.24, 2.45) is 11.8 Å². The van der Waals surface area contributed by atoms with Crippen LogP contribution in [0.2, 0.25) is 0 Å². The van der Waals surface area contributed by atoms with Gasteiger partial charge in [0.2, 0.25) is 17.7 Å². The van der Waals surface area contributed by atoms with E-state index in [9.17, 15) is 14.4 Å². The normalized spacial score (nSPS) is 23.2. The number of fused-ring (bicyclic) bond motifs is 1. The molecule has 3 amide bonds. The number of carbonyl (C=O) groups is 3. The summed E-state index contributed by atoms with van der Waals surface area (Å²) in [6.07, 6.45) is 6.19. The molecule has 1 aromatic heterocycles. The summed E-state index contributed by atoms with van der Waals surface area (Å²) in [4.78, 5) is 38.9. The zero-order valence-corrected chi connectivity index (χ0v) is 13.7. The molecular weight excluding hydrogens is 312 g/mol. The average molecular weight is 332 g/mol. The van der Waals surface area contributed by atoms with Gasteiger partial charge in [0.05, 0.1) is 11.8 Å². The van der Waals surface area contributed by atoms with E-state index in [0.717, 1.165) is 6.42 Å². The second-order valence-electron chi connectivity index (χ2n) is 5.91. The quantitative estimate of drug-likeness (QED) is 0.637. The van der Waals surface area contributed by atoms with Crippen LogP contribution in [-0.4, -0.2) is 35.7 Å². The summed E-state index contributed by atoms with van der Waals surface area (Å²) in [5, 5.41) is 4.85. The van der Waals surface area contributed by atoms with Gasteiger partial charge in [0.15, 0.2) is 0 Å². The van der Waals surface area contributed by atoms with Crippen LogP contribution in [0.25, 0.3) is 0 Å². The summed E-state index contributed by atoms with van der Waals surface area (Å²) in [6.45, 7) is 0.770. The molecule has 1 N–H and O–H groups in total. The Labute approximate surface area is 139 Å². The van der Waals surface area contributed by atoms with Crippen LogP contribution in [-0.2, 0) is 20.8 Å². The molecule has 2 aliphatic rings. The predicted molar refractivity (Wildman–Crippen MR) is 87.7 cm³/mol. The summed E-state index contributed by atoms with van der Waals surface area (Å²) in [7, 11) is 0. The molecule has 3 rings (SSSR count). The van der Waals surface area contributed by atoms with Gasteiger partial charge in [-0.05, 0) is 30.7 Å². The Balaban J connectivity index is 1.43. The van der Waals surface area contributed by atoms with Crippen molar-refractivity contribution in [3.63, 3.8) is 0 Å². The monoisotopic (exact) mass is 332 g/mol. The highest BCUT2D eigenvalue weighted by atomic mass is 32.1. The Morgan fingerprint density at radius 3 is 2.52 bits per heavy atom. The van der Waals surface area contributed by atoms with Crippen LogP contribution in [0.5, 0.6) is 0 Å². The van der Waals surface area contributed by atoms with Gasteiger partial charge in [0, 0.05) is 24.4 Å². The highest BCUT2D eigenvalue weighted by Gasteiger charge is 2.46. The molecule has 2 unspecified atom stereocenters. The summed E-state index contributed by atoms with van der Waals surface area (Å²) in [6, 6.07) is 4.02. The van der Waals surface area contributed by atoms with Gasteiger partial charge in [-0.25, -0.2) is 0 Å². The number of imide groups is 1. The first kappa shape index (κ1) is 15.9. The summed E-state index contributed by atoms with van der Waals surface area (Å²) >= 11 is 1.67. The molecule has 0 radical (unpaired) electrons. The minimum atomic E-state index is -0.214. The van der Waals surface area contributed by atoms with Crippen LogP contribution < -0.4 is 5.32 Å². The molecule has 0 spiro atoms. The number of thiophene rings is 1. The Bertz CT molecular complexity index is 598. The lowest BCUT2D eigenvalue weighted by atomic mass is 9.85. The number of nitrogens with zero attached hydrogens (tertiary/aromatic N) is 1. The molecule has 1 fully saturated rings. The fourth-order valence-electron chi connectivity index (χ4n) is 3.17. The van der Waals surface area contributed by atoms with E-state index in [2.05, 4.69) is 5.32 Å². The fourth-order valence-corrected chi connectivity index (χ4v) is 3.88. The molecule has 0 bridgehead atoms. The Kier molecular flexibility index (Phi) is 4.91. The third kappa shape index (κ3) is 3.52. The van der Waals surface area contributed by atoms with Crippen LogP contribution in [0.1, 0.15) is 24.1 Å². The third-order valence-corrected chi connectivity index (χ3v) is 5.37. The van der Waals surface area contributed by atoms with E-state index in [4.69, 9.17) is 0 Å². The predicted octanol–water partition coefficient (Wildman–Crippen LogP) is 1.75. The fraction of sp³-hybridized carbons (Fsp3) is 0.471. The van der Waals surface area contributed by atoms with Crippen LogP contribution >= 0.6 is 11.3 Å². The van der Waals surface area contributed by atoms with Crippen LogP contribution in [0, 0.1) is 11.8 Å². The van der Waals surface area contributed by atoms with E-state index < -0.39 is 0 Å². The Morgan fingerprint density at radius 1 is 1.22 bits per heavy atom. The van der Waals surface area contributed by atoms with Crippen molar-refractivity contribution in [2.75, 3.05) is 13.1 Å². The van der Waals surface area contributed by atoms with Crippen molar-refractivity contribution < 1.29 is 14.4 Å². The van der Waals surface area contributed by atoms with Crippen molar-refractivity contribution in [1.82, 2.24) is 10.2 Å². The lowest BCUT2D eigenvalue weighted by Crippen LogP contribution is -2.35. The van der Waals surface area contributed by atoms with Crippen molar-refractivity contribution >= 4 is 29.1 Å². The number of hydrogen-bond acceptors (Lipinski definition) is 4. The minimum absolute atomic E-state index is 0.115. The van der Waals surface area contributed by atoms with Crippen LogP contribution in [0.15, 0.2) is 29.7 Å². The lowest BCUT2D eigenvalue weighted by molar-refractivity contribution is -0.140. The van der Waals surface area contributed by atoms with Gasteiger partial charge in [-0.2, -0.15) is 0 Å². The van der Waals surface area contributed by atoms with Crippen LogP contribution in [0.4, 0.5) is 0 Å². The Morgan fingerprint density at radius 2 is 1.91 bits per heavy atom. The SMILES string of the molecule is O=C(CCN1C(=O)C2CC=CCC2C1=O)NCCc1cccs1. The highest BCUT2D eigenvalue weighted by molar-refractivity contribution is 7.09. The molecule has 2 atom stereocenters. The summed E-state index contributed by atoms with van der Waals surface area (Å²) in [5.74, 6) is -0.773. The smallest absolute Gasteiger partial charge is 0.233 e.